The maximum Gasteiger partial charge on any atom is 0.126 e. The van der Waals surface area contributed by atoms with Crippen LogP contribution in [0.25, 0.3) is 0 Å². The van der Waals surface area contributed by atoms with E-state index < -0.39 is 0 Å². The Morgan fingerprint density at radius 3 is 2.92 bits per heavy atom. The molecule has 0 radical (unpaired) electrons. The van der Waals surface area contributed by atoms with Gasteiger partial charge < -0.3 is 9.15 Å². The van der Waals surface area contributed by atoms with Crippen LogP contribution >= 0.6 is 0 Å². The highest BCUT2D eigenvalue weighted by Gasteiger charge is 2.37. The van der Waals surface area contributed by atoms with E-state index >= 15 is 0 Å². The van der Waals surface area contributed by atoms with Crippen LogP contribution in [0.2, 0.25) is 0 Å². The number of furan rings is 1. The molecule has 2 aromatic rings. The molecule has 1 aromatic heterocycles. The molecule has 0 N–H and O–H groups in total. The molecule has 2 aliphatic rings. The van der Waals surface area contributed by atoms with Crippen LogP contribution in [0.5, 0.6) is 5.75 Å². The van der Waals surface area contributed by atoms with Gasteiger partial charge in [-0.25, -0.2) is 4.39 Å². The maximum absolute atomic E-state index is 13.3. The maximum atomic E-state index is 13.3. The number of rotatable bonds is 4. The Kier molecular flexibility index (Phi) is 4.29. The Morgan fingerprint density at radius 1 is 1.21 bits per heavy atom. The van der Waals surface area contributed by atoms with Gasteiger partial charge in [-0.05, 0) is 31.2 Å². The smallest absolute Gasteiger partial charge is 0.126 e. The van der Waals surface area contributed by atoms with Crippen LogP contribution in [-0.4, -0.2) is 48.1 Å². The fraction of sp³-hybridized carbons (Fsp3) is 0.474. The van der Waals surface area contributed by atoms with Crippen molar-refractivity contribution >= 4 is 0 Å². The first kappa shape index (κ1) is 15.7. The average Bonchev–Trinajstić information content (AvgIpc) is 3.12. The van der Waals surface area contributed by atoms with Gasteiger partial charge in [0.1, 0.15) is 29.2 Å². The van der Waals surface area contributed by atoms with E-state index in [1.165, 1.54) is 12.1 Å². The molecule has 2 fully saturated rings. The van der Waals surface area contributed by atoms with Crippen LogP contribution in [0.3, 0.4) is 0 Å². The molecule has 0 aliphatic carbocycles. The highest BCUT2D eigenvalue weighted by molar-refractivity contribution is 5.23. The zero-order valence-electron chi connectivity index (χ0n) is 14.0. The van der Waals surface area contributed by atoms with Crippen LogP contribution < -0.4 is 4.74 Å². The monoisotopic (exact) mass is 330 g/mol. The van der Waals surface area contributed by atoms with Crippen molar-refractivity contribution in [3.63, 3.8) is 0 Å². The molecule has 0 unspecified atom stereocenters. The predicted octanol–water partition coefficient (Wildman–Crippen LogP) is 3.06. The fourth-order valence-corrected chi connectivity index (χ4v) is 3.81. The van der Waals surface area contributed by atoms with E-state index in [2.05, 4.69) is 15.9 Å². The lowest BCUT2D eigenvalue weighted by Gasteiger charge is -2.36. The summed E-state index contributed by atoms with van der Waals surface area (Å²) in [6, 6.07) is 11.0. The zero-order chi connectivity index (χ0) is 16.5. The molecule has 2 aliphatic heterocycles. The minimum Gasteiger partial charge on any atom is -0.489 e. The first-order chi connectivity index (χ1) is 11.7. The number of piperazine rings is 1. The van der Waals surface area contributed by atoms with Crippen molar-refractivity contribution in [2.75, 3.05) is 26.2 Å². The first-order valence-corrected chi connectivity index (χ1v) is 8.59. The summed E-state index contributed by atoms with van der Waals surface area (Å²) >= 11 is 0. The van der Waals surface area contributed by atoms with E-state index in [9.17, 15) is 4.39 Å². The molecule has 0 spiro atoms. The molecule has 2 saturated heterocycles. The molecular formula is C19H23FN2O2. The van der Waals surface area contributed by atoms with Gasteiger partial charge in [0, 0.05) is 44.7 Å². The highest BCUT2D eigenvalue weighted by atomic mass is 19.1. The summed E-state index contributed by atoms with van der Waals surface area (Å²) in [7, 11) is 0. The first-order valence-electron chi connectivity index (χ1n) is 8.59. The number of benzene rings is 1. The molecular weight excluding hydrogens is 307 g/mol. The second-order valence-corrected chi connectivity index (χ2v) is 6.83. The van der Waals surface area contributed by atoms with Crippen molar-refractivity contribution in [1.29, 1.82) is 0 Å². The van der Waals surface area contributed by atoms with Crippen molar-refractivity contribution in [2.45, 2.75) is 32.0 Å². The van der Waals surface area contributed by atoms with Crippen LogP contribution in [0.1, 0.15) is 17.9 Å². The molecule has 4 rings (SSSR count). The zero-order valence-corrected chi connectivity index (χ0v) is 14.0. The molecule has 2 atom stereocenters. The van der Waals surface area contributed by atoms with Gasteiger partial charge in [-0.1, -0.05) is 6.07 Å². The molecule has 0 amide bonds. The van der Waals surface area contributed by atoms with Crippen LogP contribution in [0.15, 0.2) is 40.8 Å². The summed E-state index contributed by atoms with van der Waals surface area (Å²) in [5.41, 5.74) is 0. The lowest BCUT2D eigenvalue weighted by Crippen LogP contribution is -2.49. The summed E-state index contributed by atoms with van der Waals surface area (Å²) in [6.45, 7) is 6.90. The number of nitrogens with zero attached hydrogens (tertiary/aromatic N) is 2. The Labute approximate surface area is 141 Å². The summed E-state index contributed by atoms with van der Waals surface area (Å²) in [6.07, 6.45) is 1.13. The standard InChI is InChI=1S/C19H23FN2O2/c1-14-5-6-18(23-14)12-21-7-8-22-13-19(10-16(22)11-21)24-17-4-2-3-15(20)9-17/h2-6,9,16,19H,7-8,10-13H2,1H3/t16-,19-/m0/s1. The molecule has 128 valence electrons. The summed E-state index contributed by atoms with van der Waals surface area (Å²) in [4.78, 5) is 4.94. The van der Waals surface area contributed by atoms with E-state index in [1.54, 1.807) is 6.07 Å². The van der Waals surface area contributed by atoms with Gasteiger partial charge in [0.05, 0.1) is 6.54 Å². The number of ether oxygens (including phenoxy) is 1. The van der Waals surface area contributed by atoms with Crippen molar-refractivity contribution in [2.24, 2.45) is 0 Å². The van der Waals surface area contributed by atoms with E-state index in [-0.39, 0.29) is 11.9 Å². The number of hydrogen-bond donors (Lipinski definition) is 0. The molecule has 1 aromatic carbocycles. The molecule has 0 bridgehead atoms. The molecule has 0 saturated carbocycles. The third-order valence-electron chi connectivity index (χ3n) is 4.94. The third-order valence-corrected chi connectivity index (χ3v) is 4.94. The highest BCUT2D eigenvalue weighted by Crippen LogP contribution is 2.27. The quantitative estimate of drug-likeness (QED) is 0.861. The fourth-order valence-electron chi connectivity index (χ4n) is 3.81. The molecule has 24 heavy (non-hydrogen) atoms. The second kappa shape index (κ2) is 6.57. The van der Waals surface area contributed by atoms with E-state index in [1.807, 2.05) is 19.1 Å². The normalized spacial score (nSPS) is 24.9. The van der Waals surface area contributed by atoms with Gasteiger partial charge in [-0.2, -0.15) is 0 Å². The van der Waals surface area contributed by atoms with Gasteiger partial charge in [0.25, 0.3) is 0 Å². The summed E-state index contributed by atoms with van der Waals surface area (Å²) in [5.74, 6) is 2.38. The largest absolute Gasteiger partial charge is 0.489 e. The molecule has 3 heterocycles. The van der Waals surface area contributed by atoms with Crippen LogP contribution in [0, 0.1) is 12.7 Å². The van der Waals surface area contributed by atoms with Crippen molar-refractivity contribution < 1.29 is 13.5 Å². The Hall–Kier alpha value is -1.85. The summed E-state index contributed by atoms with van der Waals surface area (Å²) in [5, 5.41) is 0. The van der Waals surface area contributed by atoms with Crippen molar-refractivity contribution in [3.8, 4) is 5.75 Å². The van der Waals surface area contributed by atoms with Crippen molar-refractivity contribution in [3.05, 3.63) is 53.7 Å². The number of halogens is 1. The average molecular weight is 330 g/mol. The predicted molar refractivity (Wildman–Crippen MR) is 89.5 cm³/mol. The lowest BCUT2D eigenvalue weighted by atomic mass is 10.1. The lowest BCUT2D eigenvalue weighted by molar-refractivity contribution is 0.0925. The van der Waals surface area contributed by atoms with Gasteiger partial charge >= 0.3 is 0 Å². The van der Waals surface area contributed by atoms with Crippen LogP contribution in [-0.2, 0) is 6.54 Å². The Balaban J connectivity index is 1.33. The Morgan fingerprint density at radius 2 is 2.12 bits per heavy atom. The van der Waals surface area contributed by atoms with Gasteiger partial charge in [0.2, 0.25) is 0 Å². The molecule has 4 nitrogen and oxygen atoms in total. The van der Waals surface area contributed by atoms with Gasteiger partial charge in [-0.3, -0.25) is 9.80 Å². The minimum absolute atomic E-state index is 0.141. The van der Waals surface area contributed by atoms with Crippen molar-refractivity contribution in [1.82, 2.24) is 9.80 Å². The second-order valence-electron chi connectivity index (χ2n) is 6.83. The third kappa shape index (κ3) is 3.47. The molecule has 5 heteroatoms. The van der Waals surface area contributed by atoms with E-state index in [0.717, 1.165) is 50.7 Å². The SMILES string of the molecule is Cc1ccc(CN2CCN3C[C@@H](Oc4cccc(F)c4)C[C@H]3C2)o1. The number of fused-ring (bicyclic) bond motifs is 1. The summed E-state index contributed by atoms with van der Waals surface area (Å²) < 4.78 is 25.0. The minimum atomic E-state index is -0.247. The van der Waals surface area contributed by atoms with Gasteiger partial charge in [0.15, 0.2) is 0 Å². The van der Waals surface area contributed by atoms with Crippen LogP contribution in [0.4, 0.5) is 4.39 Å². The number of aryl methyl sites for hydroxylation is 1. The van der Waals surface area contributed by atoms with E-state index in [4.69, 9.17) is 9.15 Å². The van der Waals surface area contributed by atoms with E-state index in [0.29, 0.717) is 11.8 Å². The Bertz CT molecular complexity index is 702. The van der Waals surface area contributed by atoms with Gasteiger partial charge in [-0.15, -0.1) is 0 Å². The number of hydrogen-bond acceptors (Lipinski definition) is 4. The topological polar surface area (TPSA) is 28.9 Å².